The van der Waals surface area contributed by atoms with E-state index in [1.54, 1.807) is 13.0 Å². The first-order valence-electron chi connectivity index (χ1n) is 6.03. The predicted molar refractivity (Wildman–Crippen MR) is 73.7 cm³/mol. The zero-order valence-corrected chi connectivity index (χ0v) is 12.3. The second kappa shape index (κ2) is 6.15. The molecule has 1 N–H and O–H groups in total. The summed E-state index contributed by atoms with van der Waals surface area (Å²) in [4.78, 5) is 7.70. The van der Waals surface area contributed by atoms with Crippen molar-refractivity contribution in [2.45, 2.75) is 18.4 Å². The molecule has 0 aliphatic rings. The van der Waals surface area contributed by atoms with E-state index < -0.39 is 15.8 Å². The van der Waals surface area contributed by atoms with Gasteiger partial charge in [0.05, 0.1) is 24.2 Å². The van der Waals surface area contributed by atoms with Crippen molar-refractivity contribution in [2.24, 2.45) is 0 Å². The zero-order chi connectivity index (χ0) is 15.5. The molecule has 0 radical (unpaired) electrons. The van der Waals surface area contributed by atoms with Gasteiger partial charge in [-0.05, 0) is 31.2 Å². The molecule has 0 saturated carbocycles. The Balaban J connectivity index is 2.17. The van der Waals surface area contributed by atoms with E-state index in [1.807, 2.05) is 0 Å². The number of hydrogen-bond donors (Lipinski definition) is 1. The van der Waals surface area contributed by atoms with E-state index in [1.165, 1.54) is 25.6 Å². The molecule has 0 spiro atoms. The maximum absolute atomic E-state index is 13.6. The molecule has 6 nitrogen and oxygen atoms in total. The van der Waals surface area contributed by atoms with E-state index >= 15 is 0 Å². The van der Waals surface area contributed by atoms with Gasteiger partial charge in [0.25, 0.3) is 0 Å². The number of methoxy groups -OCH3 is 1. The highest BCUT2D eigenvalue weighted by molar-refractivity contribution is 7.89. The highest BCUT2D eigenvalue weighted by Crippen LogP contribution is 2.20. The van der Waals surface area contributed by atoms with Crippen LogP contribution in [0.25, 0.3) is 0 Å². The van der Waals surface area contributed by atoms with Crippen molar-refractivity contribution in [2.75, 3.05) is 7.11 Å². The van der Waals surface area contributed by atoms with Crippen LogP contribution in [0.4, 0.5) is 4.39 Å². The minimum absolute atomic E-state index is 0.000653. The van der Waals surface area contributed by atoms with Crippen LogP contribution in [0.3, 0.4) is 0 Å². The Morgan fingerprint density at radius 2 is 2.05 bits per heavy atom. The Morgan fingerprint density at radius 1 is 1.29 bits per heavy atom. The number of hydrogen-bond acceptors (Lipinski definition) is 5. The maximum atomic E-state index is 13.6. The molecule has 0 amide bonds. The van der Waals surface area contributed by atoms with Crippen LogP contribution >= 0.6 is 0 Å². The van der Waals surface area contributed by atoms with Crippen LogP contribution in [-0.4, -0.2) is 25.5 Å². The quantitative estimate of drug-likeness (QED) is 0.903. The molecule has 112 valence electrons. The van der Waals surface area contributed by atoms with E-state index in [2.05, 4.69) is 14.7 Å². The monoisotopic (exact) mass is 311 g/mol. The fourth-order valence-corrected chi connectivity index (χ4v) is 2.68. The van der Waals surface area contributed by atoms with Crippen molar-refractivity contribution >= 4 is 10.0 Å². The molecule has 1 aromatic heterocycles. The molecule has 2 aromatic rings. The number of ether oxygens (including phenoxy) is 1. The molecule has 0 atom stereocenters. The summed E-state index contributed by atoms with van der Waals surface area (Å²) in [5.74, 6) is -0.751. The predicted octanol–water partition coefficient (Wildman–Crippen LogP) is 1.41. The van der Waals surface area contributed by atoms with Gasteiger partial charge in [-0.3, -0.25) is 0 Å². The van der Waals surface area contributed by atoms with Gasteiger partial charge in [-0.25, -0.2) is 27.5 Å². The Hall–Kier alpha value is -2.06. The maximum Gasteiger partial charge on any atom is 0.241 e. The van der Waals surface area contributed by atoms with Gasteiger partial charge in [-0.15, -0.1) is 0 Å². The summed E-state index contributed by atoms with van der Waals surface area (Å²) in [7, 11) is -2.52. The normalized spacial score (nSPS) is 11.4. The zero-order valence-electron chi connectivity index (χ0n) is 11.5. The Labute approximate surface area is 122 Å². The Bertz CT molecular complexity index is 750. The van der Waals surface area contributed by atoms with Crippen LogP contribution in [0.5, 0.6) is 5.75 Å². The lowest BCUT2D eigenvalue weighted by Gasteiger charge is -2.08. The first-order chi connectivity index (χ1) is 9.92. The fraction of sp³-hybridized carbons (Fsp3) is 0.231. The van der Waals surface area contributed by atoms with Gasteiger partial charge in [0.15, 0.2) is 11.6 Å². The number of rotatable bonds is 5. The van der Waals surface area contributed by atoms with Gasteiger partial charge in [-0.2, -0.15) is 0 Å². The molecule has 8 heteroatoms. The molecule has 0 aliphatic heterocycles. The molecule has 21 heavy (non-hydrogen) atoms. The first kappa shape index (κ1) is 15.3. The molecule has 2 rings (SSSR count). The van der Waals surface area contributed by atoms with Crippen LogP contribution in [0.15, 0.2) is 35.5 Å². The average molecular weight is 311 g/mol. The van der Waals surface area contributed by atoms with E-state index in [9.17, 15) is 12.8 Å². The van der Waals surface area contributed by atoms with Crippen molar-refractivity contribution in [3.05, 3.63) is 47.8 Å². The number of aryl methyl sites for hydroxylation is 1. The van der Waals surface area contributed by atoms with Crippen molar-refractivity contribution in [1.29, 1.82) is 0 Å². The van der Waals surface area contributed by atoms with Crippen molar-refractivity contribution in [3.63, 3.8) is 0 Å². The molecule has 1 aromatic carbocycles. The van der Waals surface area contributed by atoms with E-state index in [-0.39, 0.29) is 17.2 Å². The molecule has 0 saturated heterocycles. The summed E-state index contributed by atoms with van der Waals surface area (Å²) in [6.45, 7) is 1.78. The molecule has 0 aliphatic carbocycles. The van der Waals surface area contributed by atoms with Gasteiger partial charge in [0.1, 0.15) is 6.33 Å². The largest absolute Gasteiger partial charge is 0.494 e. The number of nitrogens with one attached hydrogen (secondary N) is 1. The highest BCUT2D eigenvalue weighted by atomic mass is 32.2. The van der Waals surface area contributed by atoms with E-state index in [0.717, 1.165) is 11.8 Å². The first-order valence-corrected chi connectivity index (χ1v) is 7.51. The van der Waals surface area contributed by atoms with Crippen molar-refractivity contribution in [3.8, 4) is 5.75 Å². The molecular formula is C13H14FN3O3S. The molecule has 0 fully saturated rings. The van der Waals surface area contributed by atoms with Gasteiger partial charge in [-0.1, -0.05) is 0 Å². The molecular weight excluding hydrogens is 297 g/mol. The SMILES string of the molecule is COc1ccc(S(=O)(=O)NCc2cc(C)ncn2)cc1F. The summed E-state index contributed by atoms with van der Waals surface area (Å²) in [5, 5.41) is 0. The lowest BCUT2D eigenvalue weighted by Crippen LogP contribution is -2.24. The van der Waals surface area contributed by atoms with Gasteiger partial charge in [0.2, 0.25) is 10.0 Å². The summed E-state index contributed by atoms with van der Waals surface area (Å²) in [6, 6.07) is 5.11. The number of benzene rings is 1. The standard InChI is InChI=1S/C13H14FN3O3S/c1-9-5-10(16-8-15-9)7-17-21(18,19)11-3-4-13(20-2)12(14)6-11/h3-6,8,17H,7H2,1-2H3. The van der Waals surface area contributed by atoms with Crippen molar-refractivity contribution in [1.82, 2.24) is 14.7 Å². The molecule has 0 unspecified atom stereocenters. The van der Waals surface area contributed by atoms with Crippen molar-refractivity contribution < 1.29 is 17.5 Å². The smallest absolute Gasteiger partial charge is 0.241 e. The number of nitrogens with zero attached hydrogens (tertiary/aromatic N) is 2. The fourth-order valence-electron chi connectivity index (χ4n) is 1.67. The van der Waals surface area contributed by atoms with Gasteiger partial charge < -0.3 is 4.74 Å². The summed E-state index contributed by atoms with van der Waals surface area (Å²) >= 11 is 0. The number of sulfonamides is 1. The van der Waals surface area contributed by atoms with Crippen LogP contribution in [0.1, 0.15) is 11.4 Å². The third-order valence-electron chi connectivity index (χ3n) is 2.74. The van der Waals surface area contributed by atoms with Crippen LogP contribution in [0, 0.1) is 12.7 Å². The minimum Gasteiger partial charge on any atom is -0.494 e. The van der Waals surface area contributed by atoms with Crippen LogP contribution in [0.2, 0.25) is 0 Å². The number of aromatic nitrogens is 2. The third kappa shape index (κ3) is 3.73. The molecule has 0 bridgehead atoms. The second-order valence-corrected chi connectivity index (χ2v) is 6.04. The Kier molecular flexibility index (Phi) is 4.49. The van der Waals surface area contributed by atoms with E-state index in [4.69, 9.17) is 4.74 Å². The summed E-state index contributed by atoms with van der Waals surface area (Å²) in [5.41, 5.74) is 1.26. The second-order valence-electron chi connectivity index (χ2n) is 4.27. The lowest BCUT2D eigenvalue weighted by atomic mass is 10.3. The van der Waals surface area contributed by atoms with E-state index in [0.29, 0.717) is 5.69 Å². The Morgan fingerprint density at radius 3 is 2.67 bits per heavy atom. The third-order valence-corrected chi connectivity index (χ3v) is 4.14. The molecule has 1 heterocycles. The summed E-state index contributed by atoms with van der Waals surface area (Å²) < 4.78 is 44.8. The lowest BCUT2D eigenvalue weighted by molar-refractivity contribution is 0.385. The van der Waals surface area contributed by atoms with Gasteiger partial charge >= 0.3 is 0 Å². The summed E-state index contributed by atoms with van der Waals surface area (Å²) in [6.07, 6.45) is 1.35. The van der Waals surface area contributed by atoms with Crippen LogP contribution in [-0.2, 0) is 16.6 Å². The number of halogens is 1. The topological polar surface area (TPSA) is 81.2 Å². The average Bonchev–Trinajstić information content (AvgIpc) is 2.45. The van der Waals surface area contributed by atoms with Gasteiger partial charge in [0, 0.05) is 5.69 Å². The minimum atomic E-state index is -3.82. The highest BCUT2D eigenvalue weighted by Gasteiger charge is 2.16. The van der Waals surface area contributed by atoms with Crippen LogP contribution < -0.4 is 9.46 Å².